The minimum atomic E-state index is -4.11. The van der Waals surface area contributed by atoms with Gasteiger partial charge in [-0.1, -0.05) is 97.1 Å². The topological polar surface area (TPSA) is 424 Å². The van der Waals surface area contributed by atoms with Crippen LogP contribution in [0.4, 0.5) is 51.7 Å². The lowest BCUT2D eigenvalue weighted by Gasteiger charge is -2.16. The average Bonchev–Trinajstić information content (AvgIpc) is 1.17. The number of azo groups is 1. The van der Waals surface area contributed by atoms with Crippen molar-refractivity contribution < 1.29 is 38.6 Å². The Balaban J connectivity index is 0.000000134. The second kappa shape index (κ2) is 27.6. The van der Waals surface area contributed by atoms with Crippen LogP contribution in [-0.4, -0.2) is 73.9 Å². The van der Waals surface area contributed by atoms with Crippen molar-refractivity contribution >= 4 is 146 Å². The first-order valence-electron chi connectivity index (χ1n) is 30.4. The van der Waals surface area contributed by atoms with Crippen molar-refractivity contribution in [1.29, 1.82) is 0 Å². The smallest absolute Gasteiger partial charge is 0.296 e. The molecule has 0 saturated heterocycles. The maximum absolute atomic E-state index is 13.1. The van der Waals surface area contributed by atoms with E-state index in [2.05, 4.69) is 64.5 Å². The molecular weight excluding hydrogens is 1360 g/mol. The van der Waals surface area contributed by atoms with Gasteiger partial charge in [-0.25, -0.2) is 53.6 Å². The highest BCUT2D eigenvalue weighted by molar-refractivity contribution is 7.93. The number of anilines is 7. The summed E-state index contributed by atoms with van der Waals surface area (Å²) in [4.78, 5) is 27.7. The molecule has 0 fully saturated rings. The summed E-state index contributed by atoms with van der Waals surface area (Å²) >= 11 is 0. The SMILES string of the molecule is Cc1cc(N)c(N)c(C)c1S(=O)(=O)Nc1nccc2ccccc12.Cc1cc(N)c([N+](=O)[O-])c(C)c1S(=O)(=O)Nc1nccc2ccccc12.Cc1cc2c(c(C)c1S(=O)(=O)Nc1nccc3ccccc13)CN=N2.Cc1cc2n[nH]nc2c(C)c1S(=O)(=O)Nc1nccc2ccccc12. The number of aryl methyl sites for hydroxylation is 5. The Morgan fingerprint density at radius 1 is 0.430 bits per heavy atom. The van der Waals surface area contributed by atoms with E-state index >= 15 is 0 Å². The number of nitrogen functional groups attached to an aromatic ring is 3. The highest BCUT2D eigenvalue weighted by atomic mass is 32.2. The van der Waals surface area contributed by atoms with Crippen molar-refractivity contribution in [1.82, 2.24) is 35.3 Å². The van der Waals surface area contributed by atoms with Crippen molar-refractivity contribution in [3.63, 3.8) is 0 Å². The molecule has 0 amide bonds. The first-order valence-corrected chi connectivity index (χ1v) is 36.4. The number of nitrogens with two attached hydrogens (primary N) is 3. The quantitative estimate of drug-likeness (QED) is 0.0302. The van der Waals surface area contributed by atoms with Crippen molar-refractivity contribution in [3.05, 3.63) is 231 Å². The molecule has 100 heavy (non-hydrogen) atoms. The van der Waals surface area contributed by atoms with Gasteiger partial charge in [0.15, 0.2) is 0 Å². The number of pyridine rings is 4. The van der Waals surface area contributed by atoms with E-state index in [-0.39, 0.29) is 48.2 Å². The number of nitro groups is 1. The van der Waals surface area contributed by atoms with Gasteiger partial charge in [0.25, 0.3) is 45.8 Å². The molecule has 0 atom stereocenters. The second-order valence-corrected chi connectivity index (χ2v) is 29.8. The molecular formula is C69H65N17O10S4. The monoisotopic (exact) mass is 1420 g/mol. The Bertz CT molecular complexity index is 5980. The van der Waals surface area contributed by atoms with Gasteiger partial charge >= 0.3 is 0 Å². The third kappa shape index (κ3) is 13.9. The number of nitrogens with zero attached hydrogens (tertiary/aromatic N) is 9. The summed E-state index contributed by atoms with van der Waals surface area (Å²) in [6.45, 7) is 13.7. The number of H-pyrrole nitrogens is 1. The maximum atomic E-state index is 13.1. The summed E-state index contributed by atoms with van der Waals surface area (Å²) in [5.41, 5.74) is 24.1. The third-order valence-corrected chi connectivity index (χ3v) is 23.1. The number of nitro benzene ring substituents is 1. The van der Waals surface area contributed by atoms with Gasteiger partial charge < -0.3 is 17.2 Å². The lowest BCUT2D eigenvalue weighted by molar-refractivity contribution is -0.384. The van der Waals surface area contributed by atoms with Crippen LogP contribution >= 0.6 is 0 Å². The van der Waals surface area contributed by atoms with Gasteiger partial charge in [0.1, 0.15) is 44.9 Å². The molecule has 5 aromatic heterocycles. The van der Waals surface area contributed by atoms with E-state index in [1.54, 1.807) is 96.5 Å². The molecule has 0 spiro atoms. The number of sulfonamides is 4. The zero-order valence-corrected chi connectivity index (χ0v) is 58.1. The number of hydrogen-bond acceptors (Lipinski definition) is 21. The zero-order chi connectivity index (χ0) is 71.8. The Hall–Kier alpha value is -11.8. The number of hydrogen-bond donors (Lipinski definition) is 8. The molecule has 0 bridgehead atoms. The van der Waals surface area contributed by atoms with Crippen LogP contribution in [0, 0.1) is 65.5 Å². The second-order valence-electron chi connectivity index (χ2n) is 23.3. The molecule has 0 saturated carbocycles. The minimum Gasteiger partial charge on any atom is -0.397 e. The van der Waals surface area contributed by atoms with Crippen LogP contribution in [0.15, 0.2) is 200 Å². The van der Waals surface area contributed by atoms with Crippen LogP contribution in [-0.2, 0) is 46.6 Å². The van der Waals surface area contributed by atoms with Crippen molar-refractivity contribution in [2.24, 2.45) is 10.2 Å². The van der Waals surface area contributed by atoms with E-state index in [4.69, 9.17) is 17.2 Å². The number of benzene rings is 8. The highest BCUT2D eigenvalue weighted by Crippen LogP contribution is 2.39. The number of rotatable bonds is 13. The summed E-state index contributed by atoms with van der Waals surface area (Å²) in [7, 11) is -15.6. The van der Waals surface area contributed by atoms with Gasteiger partial charge in [0.2, 0.25) is 0 Å². The Kier molecular flexibility index (Phi) is 19.2. The fourth-order valence-electron chi connectivity index (χ4n) is 12.2. The van der Waals surface area contributed by atoms with Gasteiger partial charge in [-0.05, 0) is 164 Å². The lowest BCUT2D eigenvalue weighted by atomic mass is 10.0. The molecule has 11 N–H and O–H groups in total. The van der Waals surface area contributed by atoms with E-state index in [9.17, 15) is 43.8 Å². The summed E-state index contributed by atoms with van der Waals surface area (Å²) in [5, 5.41) is 36.3. The van der Waals surface area contributed by atoms with E-state index in [0.29, 0.717) is 79.2 Å². The van der Waals surface area contributed by atoms with Crippen LogP contribution in [0.3, 0.4) is 0 Å². The largest absolute Gasteiger partial charge is 0.397 e. The maximum Gasteiger partial charge on any atom is 0.296 e. The first kappa shape index (κ1) is 69.5. The fourth-order valence-corrected chi connectivity index (χ4v) is 18.2. The zero-order valence-electron chi connectivity index (χ0n) is 54.8. The van der Waals surface area contributed by atoms with Gasteiger partial charge in [-0.2, -0.15) is 25.6 Å². The van der Waals surface area contributed by atoms with Crippen LogP contribution < -0.4 is 36.1 Å². The molecule has 6 heterocycles. The third-order valence-electron chi connectivity index (χ3n) is 16.6. The van der Waals surface area contributed by atoms with Crippen LogP contribution in [0.25, 0.3) is 54.1 Å². The molecule has 1 aliphatic rings. The van der Waals surface area contributed by atoms with E-state index in [1.165, 1.54) is 26.1 Å². The van der Waals surface area contributed by atoms with E-state index in [0.717, 1.165) is 49.0 Å². The van der Waals surface area contributed by atoms with Gasteiger partial charge in [-0.3, -0.25) is 29.0 Å². The lowest BCUT2D eigenvalue weighted by Crippen LogP contribution is -2.18. The van der Waals surface area contributed by atoms with Crippen LogP contribution in [0.5, 0.6) is 0 Å². The Morgan fingerprint density at radius 3 is 1.19 bits per heavy atom. The number of fused-ring (bicyclic) bond motifs is 6. The summed E-state index contributed by atoms with van der Waals surface area (Å²) < 4.78 is 114. The molecule has 27 nitrogen and oxygen atoms in total. The molecule has 14 rings (SSSR count). The van der Waals surface area contributed by atoms with Crippen molar-refractivity contribution in [2.45, 2.75) is 81.5 Å². The molecule has 0 unspecified atom stereocenters. The van der Waals surface area contributed by atoms with Gasteiger partial charge in [0, 0.05) is 57.5 Å². The summed E-state index contributed by atoms with van der Waals surface area (Å²) in [6, 6.07) is 43.2. The molecule has 1 aliphatic heterocycles. The first-order chi connectivity index (χ1) is 47.5. The van der Waals surface area contributed by atoms with Crippen molar-refractivity contribution in [2.75, 3.05) is 36.1 Å². The molecule has 8 aromatic carbocycles. The predicted octanol–water partition coefficient (Wildman–Crippen LogP) is 13.1. The minimum absolute atomic E-state index is 0.0137. The van der Waals surface area contributed by atoms with E-state index in [1.807, 2.05) is 103 Å². The molecule has 510 valence electrons. The predicted molar refractivity (Wildman–Crippen MR) is 389 cm³/mol. The van der Waals surface area contributed by atoms with Crippen LogP contribution in [0.2, 0.25) is 0 Å². The van der Waals surface area contributed by atoms with Crippen LogP contribution in [0.1, 0.15) is 50.1 Å². The molecule has 0 aliphatic carbocycles. The summed E-state index contributed by atoms with van der Waals surface area (Å²) in [6.07, 6.45) is 6.24. The van der Waals surface area contributed by atoms with E-state index < -0.39 is 50.7 Å². The Labute approximate surface area is 574 Å². The summed E-state index contributed by atoms with van der Waals surface area (Å²) in [5.74, 6) is 1.06. The van der Waals surface area contributed by atoms with Gasteiger partial charge in [-0.15, -0.1) is 0 Å². The highest BCUT2D eigenvalue weighted by Gasteiger charge is 2.31. The average molecular weight is 1420 g/mol. The Morgan fingerprint density at radius 2 is 0.780 bits per heavy atom. The number of aromatic nitrogens is 7. The standard InChI is InChI=1S/C18H16N4O2S.C17H15N5O2S.C17H16N4O4S.C17H18N4O2S/c1-11-9-16-15(10-20-21-16)12(2)17(11)25(23,24)22-18-14-6-4-3-5-13(14)7-8-19-18;1-10-9-14-15(20-22-19-14)11(2)16(10)25(23,24)21-17-13-6-4-3-5-12(13)7-8-18-17;1-10-9-14(18)15(21(22)23)11(2)16(10)26(24,25)20-17-13-6-4-3-5-12(13)7-8-19-17;1-10-9-14(18)15(19)11(2)16(10)24(22,23)21-17-13-6-4-3-5-12(13)7-8-20-17/h3-9H,10H2,1-2H3,(H,19,22);3-9H,1-2H3,(H,18,21)(H,19,20,22);3-9H,18H2,1-2H3,(H,19,20);3-9H,18-19H2,1-2H3,(H,20,21). The number of aromatic amines is 1. The van der Waals surface area contributed by atoms with Gasteiger partial charge in [0.05, 0.1) is 43.2 Å². The van der Waals surface area contributed by atoms with Crippen molar-refractivity contribution in [3.8, 4) is 0 Å². The molecule has 0 radical (unpaired) electrons. The fraction of sp³-hybridized carbons (Fsp3) is 0.130. The molecule has 13 aromatic rings. The number of nitrogens with one attached hydrogen (secondary N) is 5. The molecule has 31 heteroatoms. The normalized spacial score (nSPS) is 12.0.